The summed E-state index contributed by atoms with van der Waals surface area (Å²) in [5.74, 6) is -2.81. The van der Waals surface area contributed by atoms with E-state index in [4.69, 9.17) is 0 Å². The van der Waals surface area contributed by atoms with Crippen LogP contribution in [0.2, 0.25) is 0 Å². The number of rotatable bonds is 1. The molecule has 3 nitrogen and oxygen atoms in total. The van der Waals surface area contributed by atoms with Crippen LogP contribution in [0.1, 0.15) is 10.6 Å². The highest BCUT2D eigenvalue weighted by atomic mass is 19.4. The molecule has 0 aliphatic heterocycles. The SMILES string of the molecule is O=C(c1cnco1)C(F)(F)F. The highest BCUT2D eigenvalue weighted by Crippen LogP contribution is 2.20. The molecule has 0 N–H and O–H groups in total. The molecule has 1 rings (SSSR count). The lowest BCUT2D eigenvalue weighted by molar-refractivity contribution is -0.0899. The maximum atomic E-state index is 11.6. The summed E-state index contributed by atoms with van der Waals surface area (Å²) in [5, 5.41) is 0. The van der Waals surface area contributed by atoms with Crippen LogP contribution in [0.4, 0.5) is 13.2 Å². The Bertz CT molecular complexity index is 251. The molecule has 0 aliphatic rings. The Morgan fingerprint density at radius 3 is 2.55 bits per heavy atom. The van der Waals surface area contributed by atoms with Gasteiger partial charge in [-0.1, -0.05) is 0 Å². The minimum absolute atomic E-state index is 0.718. The number of hydrogen-bond acceptors (Lipinski definition) is 3. The van der Waals surface area contributed by atoms with Gasteiger partial charge in [0, 0.05) is 0 Å². The van der Waals surface area contributed by atoms with Crippen molar-refractivity contribution < 1.29 is 22.4 Å². The van der Waals surface area contributed by atoms with Crippen molar-refractivity contribution in [2.75, 3.05) is 0 Å². The maximum absolute atomic E-state index is 11.6. The van der Waals surface area contributed by atoms with Crippen LogP contribution in [-0.4, -0.2) is 16.9 Å². The van der Waals surface area contributed by atoms with Gasteiger partial charge >= 0.3 is 12.0 Å². The van der Waals surface area contributed by atoms with E-state index < -0.39 is 17.7 Å². The zero-order valence-electron chi connectivity index (χ0n) is 5.05. The average molecular weight is 165 g/mol. The molecule has 6 heteroatoms. The average Bonchev–Trinajstić information content (AvgIpc) is 2.34. The second-order valence-corrected chi connectivity index (χ2v) is 1.69. The van der Waals surface area contributed by atoms with Crippen molar-refractivity contribution in [3.8, 4) is 0 Å². The van der Waals surface area contributed by atoms with Crippen LogP contribution in [0, 0.1) is 0 Å². The minimum atomic E-state index is -4.89. The van der Waals surface area contributed by atoms with Crippen molar-refractivity contribution in [2.24, 2.45) is 0 Å². The standard InChI is InChI=1S/C5H2F3NO2/c6-5(7,8)4(10)3-1-9-2-11-3/h1-2H. The quantitative estimate of drug-likeness (QED) is 0.591. The molecule has 60 valence electrons. The Morgan fingerprint density at radius 2 is 2.18 bits per heavy atom. The molecule has 1 aromatic heterocycles. The van der Waals surface area contributed by atoms with E-state index in [0.29, 0.717) is 0 Å². The third-order valence-electron chi connectivity index (χ3n) is 0.914. The van der Waals surface area contributed by atoms with Crippen molar-refractivity contribution in [1.29, 1.82) is 0 Å². The number of Topliss-reactive ketones (excluding diaryl/α,β-unsaturated/α-hetero) is 1. The summed E-state index contributed by atoms with van der Waals surface area (Å²) in [6.07, 6.45) is -3.41. The van der Waals surface area contributed by atoms with Gasteiger partial charge in [0.25, 0.3) is 0 Å². The van der Waals surface area contributed by atoms with Gasteiger partial charge in [-0.05, 0) is 0 Å². The molecule has 0 unspecified atom stereocenters. The first kappa shape index (κ1) is 7.77. The largest absolute Gasteiger partial charge is 0.458 e. The molecule has 0 saturated heterocycles. The summed E-state index contributed by atoms with van der Waals surface area (Å²) in [7, 11) is 0. The van der Waals surface area contributed by atoms with Crippen molar-refractivity contribution >= 4 is 5.78 Å². The lowest BCUT2D eigenvalue weighted by atomic mass is 10.3. The van der Waals surface area contributed by atoms with Crippen LogP contribution in [0.15, 0.2) is 17.0 Å². The van der Waals surface area contributed by atoms with Gasteiger partial charge < -0.3 is 4.42 Å². The fraction of sp³-hybridized carbons (Fsp3) is 0.200. The van der Waals surface area contributed by atoms with Gasteiger partial charge in [0.2, 0.25) is 0 Å². The monoisotopic (exact) mass is 165 g/mol. The zero-order valence-corrected chi connectivity index (χ0v) is 5.05. The highest BCUT2D eigenvalue weighted by molar-refractivity contribution is 5.97. The molecule has 11 heavy (non-hydrogen) atoms. The third kappa shape index (κ3) is 1.57. The molecule has 0 aliphatic carbocycles. The van der Waals surface area contributed by atoms with E-state index in [2.05, 4.69) is 9.40 Å². The molecule has 0 fully saturated rings. The van der Waals surface area contributed by atoms with Gasteiger partial charge in [-0.2, -0.15) is 13.2 Å². The lowest BCUT2D eigenvalue weighted by Crippen LogP contribution is -2.21. The third-order valence-corrected chi connectivity index (χ3v) is 0.914. The van der Waals surface area contributed by atoms with E-state index in [1.807, 2.05) is 0 Å². The van der Waals surface area contributed by atoms with Crippen LogP contribution >= 0.6 is 0 Å². The van der Waals surface area contributed by atoms with E-state index >= 15 is 0 Å². The van der Waals surface area contributed by atoms with Crippen LogP contribution in [0.3, 0.4) is 0 Å². The molecule has 1 aromatic rings. The topological polar surface area (TPSA) is 43.1 Å². The fourth-order valence-electron chi connectivity index (χ4n) is 0.468. The smallest absolute Gasteiger partial charge is 0.440 e. The molecule has 0 amide bonds. The first-order valence-corrected chi connectivity index (χ1v) is 2.52. The first-order valence-electron chi connectivity index (χ1n) is 2.52. The van der Waals surface area contributed by atoms with Gasteiger partial charge in [0.05, 0.1) is 6.20 Å². The van der Waals surface area contributed by atoms with Gasteiger partial charge in [-0.3, -0.25) is 4.79 Å². The molecule has 0 atom stereocenters. The summed E-state index contributed by atoms with van der Waals surface area (Å²) in [5.41, 5.74) is 0. The molecular formula is C5H2F3NO2. The molecule has 0 saturated carbocycles. The van der Waals surface area contributed by atoms with E-state index in [1.54, 1.807) is 0 Å². The Hall–Kier alpha value is -1.33. The summed E-state index contributed by atoms with van der Waals surface area (Å²) < 4.78 is 38.9. The van der Waals surface area contributed by atoms with Crippen LogP contribution < -0.4 is 0 Å². The van der Waals surface area contributed by atoms with Crippen LogP contribution in [-0.2, 0) is 0 Å². The Balaban J connectivity index is 2.88. The van der Waals surface area contributed by atoms with Crippen LogP contribution in [0.5, 0.6) is 0 Å². The highest BCUT2D eigenvalue weighted by Gasteiger charge is 2.41. The molecule has 0 aromatic carbocycles. The van der Waals surface area contributed by atoms with Crippen molar-refractivity contribution in [1.82, 2.24) is 4.98 Å². The van der Waals surface area contributed by atoms with Crippen molar-refractivity contribution in [2.45, 2.75) is 6.18 Å². The Labute approximate surface area is 58.8 Å². The van der Waals surface area contributed by atoms with E-state index in [-0.39, 0.29) is 0 Å². The Kier molecular flexibility index (Phi) is 1.67. The molecule has 0 bridgehead atoms. The van der Waals surface area contributed by atoms with Crippen molar-refractivity contribution in [3.05, 3.63) is 18.4 Å². The van der Waals surface area contributed by atoms with Gasteiger partial charge in [0.1, 0.15) is 0 Å². The summed E-state index contributed by atoms with van der Waals surface area (Å²) >= 11 is 0. The molecule has 1 heterocycles. The van der Waals surface area contributed by atoms with Gasteiger partial charge in [-0.15, -0.1) is 0 Å². The second-order valence-electron chi connectivity index (χ2n) is 1.69. The number of ketones is 1. The maximum Gasteiger partial charge on any atom is 0.458 e. The number of halogens is 3. The predicted molar refractivity (Wildman–Crippen MR) is 26.9 cm³/mol. The van der Waals surface area contributed by atoms with Gasteiger partial charge in [0.15, 0.2) is 12.2 Å². The first-order chi connectivity index (χ1) is 5.02. The number of hydrogen-bond donors (Lipinski definition) is 0. The second kappa shape index (κ2) is 2.37. The number of oxazole rings is 1. The van der Waals surface area contributed by atoms with Gasteiger partial charge in [-0.25, -0.2) is 4.98 Å². The molecule has 0 radical (unpaired) electrons. The predicted octanol–water partition coefficient (Wildman–Crippen LogP) is 1.42. The minimum Gasteiger partial charge on any atom is -0.440 e. The fourth-order valence-corrected chi connectivity index (χ4v) is 0.468. The molecular weight excluding hydrogens is 163 g/mol. The number of carbonyl (C=O) groups excluding carboxylic acids is 1. The zero-order chi connectivity index (χ0) is 8.48. The van der Waals surface area contributed by atoms with Crippen molar-refractivity contribution in [3.63, 3.8) is 0 Å². The number of carbonyl (C=O) groups is 1. The summed E-state index contributed by atoms with van der Waals surface area (Å²) in [4.78, 5) is 13.4. The number of aromatic nitrogens is 1. The Morgan fingerprint density at radius 1 is 1.55 bits per heavy atom. The van der Waals surface area contributed by atoms with Crippen LogP contribution in [0.25, 0.3) is 0 Å². The normalized spacial score (nSPS) is 11.5. The lowest BCUT2D eigenvalue weighted by Gasteiger charge is -1.99. The molecule has 0 spiro atoms. The number of alkyl halides is 3. The summed E-state index contributed by atoms with van der Waals surface area (Å²) in [6.45, 7) is 0. The van der Waals surface area contributed by atoms with E-state index in [1.165, 1.54) is 0 Å². The summed E-state index contributed by atoms with van der Waals surface area (Å²) in [6, 6.07) is 0. The van der Waals surface area contributed by atoms with E-state index in [0.717, 1.165) is 12.6 Å². The number of nitrogens with zero attached hydrogens (tertiary/aromatic N) is 1. The van der Waals surface area contributed by atoms with E-state index in [9.17, 15) is 18.0 Å².